The summed E-state index contributed by atoms with van der Waals surface area (Å²) in [6, 6.07) is 8.37. The van der Waals surface area contributed by atoms with E-state index in [1.807, 2.05) is 12.1 Å². The number of ketones is 1. The molecule has 0 radical (unpaired) electrons. The van der Waals surface area contributed by atoms with Crippen molar-refractivity contribution in [2.75, 3.05) is 0 Å². The van der Waals surface area contributed by atoms with Gasteiger partial charge in [-0.1, -0.05) is 42.5 Å². The van der Waals surface area contributed by atoms with Crippen molar-refractivity contribution in [3.63, 3.8) is 0 Å². The Hall–Kier alpha value is -1.63. The summed E-state index contributed by atoms with van der Waals surface area (Å²) in [7, 11) is 0. The molecule has 0 aromatic heterocycles. The first-order chi connectivity index (χ1) is 8.13. The minimum atomic E-state index is 0.189. The zero-order valence-corrected chi connectivity index (χ0v) is 10.5. The second-order valence-electron chi connectivity index (χ2n) is 4.39. The standard InChI is InChI=1S/C16H20O/c1-4-7-15-8-5-6-9-16(15)11-10-13(2)12-14(3)17/h4-6,8-9H,1-2,7,10-12H2,3H3. The average Bonchev–Trinajstić information content (AvgIpc) is 2.27. The van der Waals surface area contributed by atoms with Crippen LogP contribution in [0.2, 0.25) is 0 Å². The summed E-state index contributed by atoms with van der Waals surface area (Å²) in [6.45, 7) is 9.32. The van der Waals surface area contributed by atoms with Gasteiger partial charge in [0.15, 0.2) is 0 Å². The van der Waals surface area contributed by atoms with Crippen LogP contribution in [0.25, 0.3) is 0 Å². The lowest BCUT2D eigenvalue weighted by Gasteiger charge is -2.08. The highest BCUT2D eigenvalue weighted by atomic mass is 16.1. The molecule has 1 aromatic rings. The van der Waals surface area contributed by atoms with Gasteiger partial charge >= 0.3 is 0 Å². The van der Waals surface area contributed by atoms with E-state index in [2.05, 4.69) is 31.4 Å². The quantitative estimate of drug-likeness (QED) is 0.647. The number of hydrogen-bond acceptors (Lipinski definition) is 1. The Bertz CT molecular complexity index is 415. The van der Waals surface area contributed by atoms with E-state index in [0.717, 1.165) is 24.8 Å². The van der Waals surface area contributed by atoms with E-state index in [9.17, 15) is 4.79 Å². The predicted octanol–water partition coefficient (Wildman–Crippen LogP) is 3.88. The van der Waals surface area contributed by atoms with E-state index in [0.29, 0.717) is 6.42 Å². The summed E-state index contributed by atoms with van der Waals surface area (Å²) in [5.74, 6) is 0.189. The molecule has 0 heterocycles. The summed E-state index contributed by atoms with van der Waals surface area (Å²) in [6.07, 6.45) is 5.16. The highest BCUT2D eigenvalue weighted by Gasteiger charge is 2.03. The molecule has 90 valence electrons. The zero-order valence-electron chi connectivity index (χ0n) is 10.5. The van der Waals surface area contributed by atoms with Crippen molar-refractivity contribution in [1.82, 2.24) is 0 Å². The predicted molar refractivity (Wildman–Crippen MR) is 73.1 cm³/mol. The molecule has 0 spiro atoms. The molecule has 17 heavy (non-hydrogen) atoms. The lowest BCUT2D eigenvalue weighted by atomic mass is 9.97. The largest absolute Gasteiger partial charge is 0.300 e. The van der Waals surface area contributed by atoms with E-state index < -0.39 is 0 Å². The van der Waals surface area contributed by atoms with Gasteiger partial charge in [0.05, 0.1) is 0 Å². The molecular formula is C16H20O. The van der Waals surface area contributed by atoms with E-state index >= 15 is 0 Å². The normalized spacial score (nSPS) is 9.94. The maximum atomic E-state index is 11.0. The van der Waals surface area contributed by atoms with Gasteiger partial charge in [0.1, 0.15) is 5.78 Å². The number of benzene rings is 1. The molecule has 0 saturated carbocycles. The molecule has 0 aliphatic heterocycles. The molecule has 1 nitrogen and oxygen atoms in total. The lowest BCUT2D eigenvalue weighted by molar-refractivity contribution is -0.116. The van der Waals surface area contributed by atoms with Gasteiger partial charge in [-0.15, -0.1) is 6.58 Å². The topological polar surface area (TPSA) is 17.1 Å². The van der Waals surface area contributed by atoms with Gasteiger partial charge in [0.25, 0.3) is 0 Å². The van der Waals surface area contributed by atoms with E-state index in [1.165, 1.54) is 11.1 Å². The van der Waals surface area contributed by atoms with Gasteiger partial charge < -0.3 is 0 Å². The van der Waals surface area contributed by atoms with Crippen molar-refractivity contribution in [1.29, 1.82) is 0 Å². The van der Waals surface area contributed by atoms with Crippen LogP contribution in [0.3, 0.4) is 0 Å². The van der Waals surface area contributed by atoms with Gasteiger partial charge in [-0.3, -0.25) is 4.79 Å². The molecule has 1 heteroatoms. The summed E-state index contributed by atoms with van der Waals surface area (Å²) in [5, 5.41) is 0. The van der Waals surface area contributed by atoms with E-state index in [1.54, 1.807) is 6.92 Å². The maximum absolute atomic E-state index is 11.0. The van der Waals surface area contributed by atoms with Crippen molar-refractivity contribution in [3.05, 3.63) is 60.2 Å². The first kappa shape index (κ1) is 13.4. The third kappa shape index (κ3) is 4.81. The van der Waals surface area contributed by atoms with Crippen molar-refractivity contribution in [2.45, 2.75) is 32.6 Å². The zero-order chi connectivity index (χ0) is 12.7. The van der Waals surface area contributed by atoms with E-state index in [-0.39, 0.29) is 5.78 Å². The van der Waals surface area contributed by atoms with Crippen LogP contribution in [0.4, 0.5) is 0 Å². The molecule has 0 atom stereocenters. The van der Waals surface area contributed by atoms with Crippen LogP contribution in [0.15, 0.2) is 49.1 Å². The number of carbonyl (C=O) groups excluding carboxylic acids is 1. The molecule has 0 fully saturated rings. The maximum Gasteiger partial charge on any atom is 0.133 e. The second-order valence-corrected chi connectivity index (χ2v) is 4.39. The Morgan fingerprint density at radius 1 is 1.29 bits per heavy atom. The van der Waals surface area contributed by atoms with Crippen LogP contribution in [0.5, 0.6) is 0 Å². The number of Topliss-reactive ketones (excluding diaryl/α,β-unsaturated/α-hetero) is 1. The van der Waals surface area contributed by atoms with Crippen LogP contribution in [-0.2, 0) is 17.6 Å². The summed E-state index contributed by atoms with van der Waals surface area (Å²) < 4.78 is 0. The average molecular weight is 228 g/mol. The Morgan fingerprint density at radius 3 is 2.53 bits per heavy atom. The highest BCUT2D eigenvalue weighted by molar-refractivity contribution is 5.77. The monoisotopic (exact) mass is 228 g/mol. The molecule has 1 aromatic carbocycles. The van der Waals surface area contributed by atoms with Crippen LogP contribution >= 0.6 is 0 Å². The fraction of sp³-hybridized carbons (Fsp3) is 0.312. The molecule has 0 aliphatic carbocycles. The number of carbonyl (C=O) groups is 1. The highest BCUT2D eigenvalue weighted by Crippen LogP contribution is 2.15. The third-order valence-corrected chi connectivity index (χ3v) is 2.73. The first-order valence-electron chi connectivity index (χ1n) is 5.97. The SMILES string of the molecule is C=CCc1ccccc1CCC(=C)CC(C)=O. The van der Waals surface area contributed by atoms with Crippen molar-refractivity contribution in [2.24, 2.45) is 0 Å². The van der Waals surface area contributed by atoms with E-state index in [4.69, 9.17) is 0 Å². The molecule has 0 aliphatic rings. The molecule has 0 amide bonds. The molecule has 0 unspecified atom stereocenters. The molecular weight excluding hydrogens is 208 g/mol. The lowest BCUT2D eigenvalue weighted by Crippen LogP contribution is -1.97. The van der Waals surface area contributed by atoms with Gasteiger partial charge in [-0.25, -0.2) is 0 Å². The minimum Gasteiger partial charge on any atom is -0.300 e. The van der Waals surface area contributed by atoms with Crippen LogP contribution in [0, 0.1) is 0 Å². The number of aryl methyl sites for hydroxylation is 1. The van der Waals surface area contributed by atoms with Gasteiger partial charge in [-0.2, -0.15) is 0 Å². The summed E-state index contributed by atoms with van der Waals surface area (Å²) in [5.41, 5.74) is 3.67. The summed E-state index contributed by atoms with van der Waals surface area (Å²) in [4.78, 5) is 11.0. The van der Waals surface area contributed by atoms with Crippen molar-refractivity contribution < 1.29 is 4.79 Å². The van der Waals surface area contributed by atoms with Crippen LogP contribution in [0.1, 0.15) is 30.9 Å². The van der Waals surface area contributed by atoms with Crippen molar-refractivity contribution >= 4 is 5.78 Å². The van der Waals surface area contributed by atoms with Gasteiger partial charge in [0, 0.05) is 6.42 Å². The number of allylic oxidation sites excluding steroid dienone is 2. The third-order valence-electron chi connectivity index (χ3n) is 2.73. The number of rotatable bonds is 7. The first-order valence-corrected chi connectivity index (χ1v) is 5.97. The minimum absolute atomic E-state index is 0.189. The Morgan fingerprint density at radius 2 is 1.94 bits per heavy atom. The molecule has 1 rings (SSSR count). The fourth-order valence-electron chi connectivity index (χ4n) is 1.91. The van der Waals surface area contributed by atoms with Crippen LogP contribution < -0.4 is 0 Å². The smallest absolute Gasteiger partial charge is 0.133 e. The fourth-order valence-corrected chi connectivity index (χ4v) is 1.91. The Kier molecular flexibility index (Phi) is 5.41. The molecule has 0 bridgehead atoms. The number of hydrogen-bond donors (Lipinski definition) is 0. The Labute approximate surface area is 104 Å². The summed E-state index contributed by atoms with van der Waals surface area (Å²) >= 11 is 0. The Balaban J connectivity index is 2.59. The van der Waals surface area contributed by atoms with Crippen molar-refractivity contribution in [3.8, 4) is 0 Å². The van der Waals surface area contributed by atoms with Crippen LogP contribution in [-0.4, -0.2) is 5.78 Å². The second kappa shape index (κ2) is 6.85. The van der Waals surface area contributed by atoms with Gasteiger partial charge in [0.2, 0.25) is 0 Å². The molecule has 0 saturated heterocycles. The van der Waals surface area contributed by atoms with Gasteiger partial charge in [-0.05, 0) is 37.3 Å². The molecule has 0 N–H and O–H groups in total.